The molecule has 2 rings (SSSR count). The van der Waals surface area contributed by atoms with Crippen molar-refractivity contribution in [3.8, 4) is 0 Å². The van der Waals surface area contributed by atoms with E-state index in [-0.39, 0.29) is 43.1 Å². The second-order valence-corrected chi connectivity index (χ2v) is 3.91. The number of hydrogen-bond donors (Lipinski definition) is 1. The molecule has 1 aliphatic rings. The van der Waals surface area contributed by atoms with E-state index in [0.29, 0.717) is 13.0 Å². The fraction of sp³-hybridized carbons (Fsp3) is 0.417. The predicted molar refractivity (Wildman–Crippen MR) is 83.6 cm³/mol. The number of para-hydroxylation sites is 1. The molecule has 2 N–H and O–H groups in total. The van der Waals surface area contributed by atoms with E-state index in [9.17, 15) is 4.79 Å². The van der Waals surface area contributed by atoms with Crippen LogP contribution in [0.1, 0.15) is 18.9 Å². The van der Waals surface area contributed by atoms with Gasteiger partial charge in [-0.25, -0.2) is 0 Å². The lowest BCUT2D eigenvalue weighted by molar-refractivity contribution is -0.127. The zero-order valence-corrected chi connectivity index (χ0v) is 13.0. The van der Waals surface area contributed by atoms with Crippen molar-refractivity contribution in [3.05, 3.63) is 29.8 Å². The first-order valence-corrected chi connectivity index (χ1v) is 5.54. The zero-order valence-electron chi connectivity index (χ0n) is 10.6. The molecule has 1 heterocycles. The fourth-order valence-electron chi connectivity index (χ4n) is 1.79. The molecule has 0 radical (unpaired) electrons. The van der Waals surface area contributed by atoms with Crippen LogP contribution in [0, 0.1) is 0 Å². The quantitative estimate of drug-likeness (QED) is 0.927. The van der Waals surface area contributed by atoms with Gasteiger partial charge in [-0.2, -0.15) is 5.06 Å². The summed E-state index contributed by atoms with van der Waals surface area (Å²) in [5, 5.41) is 1.34. The Kier molecular flexibility index (Phi) is 10.3. The highest BCUT2D eigenvalue weighted by Gasteiger charge is 2.30. The summed E-state index contributed by atoms with van der Waals surface area (Å²) in [6, 6.07) is 7.20. The molecule has 1 unspecified atom stereocenters. The highest BCUT2D eigenvalue weighted by Crippen LogP contribution is 2.27. The van der Waals surface area contributed by atoms with Crippen LogP contribution in [0.15, 0.2) is 24.3 Å². The van der Waals surface area contributed by atoms with Crippen molar-refractivity contribution in [1.29, 1.82) is 0 Å². The van der Waals surface area contributed by atoms with Gasteiger partial charge < -0.3 is 5.73 Å². The molecule has 1 aromatic rings. The largest absolute Gasteiger partial charge is 0.320 e. The van der Waals surface area contributed by atoms with Gasteiger partial charge in [-0.1, -0.05) is 25.1 Å². The lowest BCUT2D eigenvalue weighted by Crippen LogP contribution is -2.48. The third-order valence-corrected chi connectivity index (χ3v) is 2.59. The summed E-state index contributed by atoms with van der Waals surface area (Å²) in [5.74, 6) is -0.160. The number of benzene rings is 1. The SMILES string of the molecule is CCCON1C(=O)C(N)Cc2ccccc21.Cl.Cl.Cl. The number of amides is 1. The molecule has 0 bridgehead atoms. The van der Waals surface area contributed by atoms with E-state index in [1.54, 1.807) is 0 Å². The number of carbonyl (C=O) groups is 1. The highest BCUT2D eigenvalue weighted by atomic mass is 35.5. The molecule has 1 atom stereocenters. The molecule has 4 nitrogen and oxygen atoms in total. The molecule has 0 aromatic heterocycles. The van der Waals surface area contributed by atoms with Gasteiger partial charge in [0.2, 0.25) is 0 Å². The maximum absolute atomic E-state index is 11.9. The molecule has 0 saturated heterocycles. The van der Waals surface area contributed by atoms with Crippen molar-refractivity contribution < 1.29 is 9.63 Å². The van der Waals surface area contributed by atoms with Crippen LogP contribution in [0.2, 0.25) is 0 Å². The van der Waals surface area contributed by atoms with Crippen LogP contribution in [0.3, 0.4) is 0 Å². The van der Waals surface area contributed by atoms with Gasteiger partial charge in [0.25, 0.3) is 5.91 Å². The lowest BCUT2D eigenvalue weighted by Gasteiger charge is -2.31. The van der Waals surface area contributed by atoms with E-state index in [1.165, 1.54) is 5.06 Å². The van der Waals surface area contributed by atoms with Gasteiger partial charge in [0, 0.05) is 0 Å². The minimum absolute atomic E-state index is 0. The average Bonchev–Trinajstić information content (AvgIpc) is 2.30. The van der Waals surface area contributed by atoms with Gasteiger partial charge in [-0.3, -0.25) is 9.63 Å². The number of nitrogens with two attached hydrogens (primary N) is 1. The van der Waals surface area contributed by atoms with Gasteiger partial charge in [0.1, 0.15) is 0 Å². The molecular formula is C12H19Cl3N2O2. The summed E-state index contributed by atoms with van der Waals surface area (Å²) >= 11 is 0. The van der Waals surface area contributed by atoms with Gasteiger partial charge in [-0.05, 0) is 24.5 Å². The second kappa shape index (κ2) is 9.39. The first kappa shape index (κ1) is 20.8. The normalized spacial score (nSPS) is 16.6. The Bertz CT molecular complexity index is 404. The maximum atomic E-state index is 11.9. The molecule has 0 fully saturated rings. The summed E-state index contributed by atoms with van der Waals surface area (Å²) in [6.07, 6.45) is 1.45. The Hall–Kier alpha value is -0.520. The molecule has 0 spiro atoms. The third kappa shape index (κ3) is 4.51. The second-order valence-electron chi connectivity index (χ2n) is 3.91. The van der Waals surface area contributed by atoms with Crippen molar-refractivity contribution in [3.63, 3.8) is 0 Å². The average molecular weight is 330 g/mol. The minimum atomic E-state index is -0.494. The van der Waals surface area contributed by atoms with E-state index < -0.39 is 6.04 Å². The van der Waals surface area contributed by atoms with E-state index in [0.717, 1.165) is 17.7 Å². The van der Waals surface area contributed by atoms with Crippen molar-refractivity contribution in [2.75, 3.05) is 11.7 Å². The van der Waals surface area contributed by atoms with E-state index >= 15 is 0 Å². The van der Waals surface area contributed by atoms with Crippen molar-refractivity contribution >= 4 is 48.8 Å². The Balaban J connectivity index is 0. The van der Waals surface area contributed by atoms with Crippen LogP contribution in [-0.2, 0) is 16.1 Å². The fourth-order valence-corrected chi connectivity index (χ4v) is 1.79. The Morgan fingerprint density at radius 2 is 1.95 bits per heavy atom. The third-order valence-electron chi connectivity index (χ3n) is 2.59. The summed E-state index contributed by atoms with van der Waals surface area (Å²) < 4.78 is 0. The molecule has 110 valence electrons. The molecule has 1 aromatic carbocycles. The molecule has 19 heavy (non-hydrogen) atoms. The summed E-state index contributed by atoms with van der Waals surface area (Å²) in [4.78, 5) is 17.3. The first-order valence-electron chi connectivity index (χ1n) is 5.54. The van der Waals surface area contributed by atoms with Gasteiger partial charge in [0.05, 0.1) is 18.3 Å². The molecular weight excluding hydrogens is 311 g/mol. The number of carbonyl (C=O) groups excluding carboxylic acids is 1. The number of fused-ring (bicyclic) bond motifs is 1. The Morgan fingerprint density at radius 3 is 2.58 bits per heavy atom. The highest BCUT2D eigenvalue weighted by molar-refractivity contribution is 5.98. The number of hydrogen-bond acceptors (Lipinski definition) is 3. The van der Waals surface area contributed by atoms with Crippen LogP contribution in [0.5, 0.6) is 0 Å². The van der Waals surface area contributed by atoms with E-state index in [4.69, 9.17) is 10.6 Å². The molecule has 1 amide bonds. The zero-order chi connectivity index (χ0) is 11.5. The Morgan fingerprint density at radius 1 is 1.32 bits per heavy atom. The van der Waals surface area contributed by atoms with Gasteiger partial charge >= 0.3 is 0 Å². The van der Waals surface area contributed by atoms with Crippen molar-refractivity contribution in [2.24, 2.45) is 5.73 Å². The van der Waals surface area contributed by atoms with Crippen LogP contribution in [0.25, 0.3) is 0 Å². The number of halogens is 3. The maximum Gasteiger partial charge on any atom is 0.268 e. The van der Waals surface area contributed by atoms with Crippen molar-refractivity contribution in [2.45, 2.75) is 25.8 Å². The summed E-state index contributed by atoms with van der Waals surface area (Å²) in [6.45, 7) is 2.52. The molecule has 7 heteroatoms. The number of nitrogens with zero attached hydrogens (tertiary/aromatic N) is 1. The topological polar surface area (TPSA) is 55.6 Å². The van der Waals surface area contributed by atoms with Crippen LogP contribution in [0.4, 0.5) is 5.69 Å². The van der Waals surface area contributed by atoms with Gasteiger partial charge in [0.15, 0.2) is 0 Å². The van der Waals surface area contributed by atoms with Gasteiger partial charge in [-0.15, -0.1) is 37.2 Å². The smallest absolute Gasteiger partial charge is 0.268 e. The van der Waals surface area contributed by atoms with Crippen LogP contribution in [-0.4, -0.2) is 18.6 Å². The molecule has 0 saturated carbocycles. The van der Waals surface area contributed by atoms with E-state index in [1.807, 2.05) is 31.2 Å². The standard InChI is InChI=1S/C12H16N2O2.3ClH/c1-2-7-16-14-11-6-4-3-5-9(11)8-10(13)12(14)15;;;/h3-6,10H,2,7-8,13H2,1H3;3*1H. The lowest BCUT2D eigenvalue weighted by atomic mass is 9.99. The minimum Gasteiger partial charge on any atom is -0.320 e. The number of hydroxylamine groups is 1. The van der Waals surface area contributed by atoms with Crippen LogP contribution >= 0.6 is 37.2 Å². The predicted octanol–water partition coefficient (Wildman–Crippen LogP) is 2.51. The first-order chi connectivity index (χ1) is 7.74. The summed E-state index contributed by atoms with van der Waals surface area (Å²) in [5.41, 5.74) is 7.67. The monoisotopic (exact) mass is 328 g/mol. The van der Waals surface area contributed by atoms with E-state index in [2.05, 4.69) is 0 Å². The van der Waals surface area contributed by atoms with Crippen molar-refractivity contribution in [1.82, 2.24) is 0 Å². The number of rotatable bonds is 3. The number of anilines is 1. The molecule has 0 aliphatic carbocycles. The van der Waals surface area contributed by atoms with Crippen LogP contribution < -0.4 is 10.8 Å². The summed E-state index contributed by atoms with van der Waals surface area (Å²) in [7, 11) is 0. The molecule has 1 aliphatic heterocycles. The Labute approximate surface area is 131 Å².